The molecule has 1 fully saturated rings. The van der Waals surface area contributed by atoms with Crippen molar-refractivity contribution in [3.63, 3.8) is 0 Å². The van der Waals surface area contributed by atoms with Crippen LogP contribution in [0.1, 0.15) is 0 Å². The largest absolute Gasteiger partial charge is 0.337 e. The van der Waals surface area contributed by atoms with Crippen molar-refractivity contribution < 1.29 is 9.47 Å². The van der Waals surface area contributed by atoms with Crippen LogP contribution in [-0.4, -0.2) is 13.2 Å². The van der Waals surface area contributed by atoms with E-state index in [4.69, 9.17) is 9.47 Å². The molecular weight excluding hydrogens is 142 g/mol. The van der Waals surface area contributed by atoms with Gasteiger partial charge in [0.15, 0.2) is 6.79 Å². The lowest BCUT2D eigenvalue weighted by Crippen LogP contribution is -2.37. The topological polar surface area (TPSA) is 30.5 Å². The Morgan fingerprint density at radius 1 is 1.18 bits per heavy atom. The summed E-state index contributed by atoms with van der Waals surface area (Å²) in [6, 6.07) is 9.81. The van der Waals surface area contributed by atoms with Crippen LogP contribution in [0.4, 0.5) is 5.69 Å². The summed E-state index contributed by atoms with van der Waals surface area (Å²) in [5.74, 6) is 0. The first-order valence-corrected chi connectivity index (χ1v) is 3.50. The van der Waals surface area contributed by atoms with E-state index in [2.05, 4.69) is 5.32 Å². The number of ether oxygens (including phenoxy) is 2. The first-order chi connectivity index (χ1) is 5.45. The van der Waals surface area contributed by atoms with Gasteiger partial charge in [-0.2, -0.15) is 0 Å². The number of nitrogens with one attached hydrogen (secondary N) is 1. The summed E-state index contributed by atoms with van der Waals surface area (Å²) < 4.78 is 10.0. The van der Waals surface area contributed by atoms with Gasteiger partial charge in [0.25, 0.3) is 0 Å². The standard InChI is InChI=1S/C8H9NO2/c1-2-4-7(5-3-1)9-8-10-6-11-8/h1-5,8-9H,6H2. The summed E-state index contributed by atoms with van der Waals surface area (Å²) in [4.78, 5) is 0. The lowest BCUT2D eigenvalue weighted by atomic mass is 10.3. The quantitative estimate of drug-likeness (QED) is 0.692. The molecule has 11 heavy (non-hydrogen) atoms. The fourth-order valence-electron chi connectivity index (χ4n) is 0.890. The average molecular weight is 151 g/mol. The van der Waals surface area contributed by atoms with Gasteiger partial charge in [0.1, 0.15) is 0 Å². The van der Waals surface area contributed by atoms with Crippen LogP contribution in [0.15, 0.2) is 30.3 Å². The van der Waals surface area contributed by atoms with Crippen molar-refractivity contribution in [1.82, 2.24) is 0 Å². The smallest absolute Gasteiger partial charge is 0.242 e. The van der Waals surface area contributed by atoms with Crippen molar-refractivity contribution in [3.05, 3.63) is 30.3 Å². The monoisotopic (exact) mass is 151 g/mol. The number of para-hydroxylation sites is 1. The maximum Gasteiger partial charge on any atom is 0.242 e. The molecule has 1 aliphatic rings. The third kappa shape index (κ3) is 1.50. The van der Waals surface area contributed by atoms with Crippen molar-refractivity contribution in [2.24, 2.45) is 0 Å². The Hall–Kier alpha value is -1.06. The van der Waals surface area contributed by atoms with Crippen LogP contribution in [0.25, 0.3) is 0 Å². The Labute approximate surface area is 64.9 Å². The molecule has 0 aromatic heterocycles. The van der Waals surface area contributed by atoms with Crippen LogP contribution in [0.5, 0.6) is 0 Å². The SMILES string of the molecule is c1ccc(NC2OCO2)cc1. The third-order valence-corrected chi connectivity index (χ3v) is 1.50. The van der Waals surface area contributed by atoms with Crippen LogP contribution in [-0.2, 0) is 9.47 Å². The molecule has 0 atom stereocenters. The second kappa shape index (κ2) is 2.90. The van der Waals surface area contributed by atoms with Crippen LogP contribution >= 0.6 is 0 Å². The maximum atomic E-state index is 5.00. The van der Waals surface area contributed by atoms with E-state index in [9.17, 15) is 0 Å². The van der Waals surface area contributed by atoms with Gasteiger partial charge in [0.2, 0.25) is 6.41 Å². The van der Waals surface area contributed by atoms with Gasteiger partial charge in [-0.1, -0.05) is 18.2 Å². The lowest BCUT2D eigenvalue weighted by molar-refractivity contribution is -0.305. The van der Waals surface area contributed by atoms with E-state index in [1.165, 1.54) is 0 Å². The van der Waals surface area contributed by atoms with E-state index < -0.39 is 0 Å². The minimum absolute atomic E-state index is 0.252. The van der Waals surface area contributed by atoms with E-state index in [-0.39, 0.29) is 6.41 Å². The van der Waals surface area contributed by atoms with E-state index >= 15 is 0 Å². The van der Waals surface area contributed by atoms with Gasteiger partial charge in [-0.05, 0) is 12.1 Å². The van der Waals surface area contributed by atoms with Crippen molar-refractivity contribution in [2.75, 3.05) is 12.1 Å². The molecule has 0 spiro atoms. The minimum atomic E-state index is -0.252. The maximum absolute atomic E-state index is 5.00. The Bertz CT molecular complexity index is 221. The molecule has 1 aliphatic heterocycles. The lowest BCUT2D eigenvalue weighted by Gasteiger charge is -2.27. The molecule has 3 nitrogen and oxygen atoms in total. The van der Waals surface area contributed by atoms with E-state index in [0.29, 0.717) is 6.79 Å². The highest BCUT2D eigenvalue weighted by molar-refractivity contribution is 5.42. The van der Waals surface area contributed by atoms with E-state index in [1.807, 2.05) is 30.3 Å². The van der Waals surface area contributed by atoms with Gasteiger partial charge in [-0.15, -0.1) is 0 Å². The third-order valence-electron chi connectivity index (χ3n) is 1.50. The summed E-state index contributed by atoms with van der Waals surface area (Å²) in [5, 5.41) is 3.03. The molecule has 3 heteroatoms. The second-order valence-corrected chi connectivity index (χ2v) is 2.29. The summed E-state index contributed by atoms with van der Waals surface area (Å²) in [6.07, 6.45) is -0.252. The van der Waals surface area contributed by atoms with Gasteiger partial charge >= 0.3 is 0 Å². The predicted molar refractivity (Wildman–Crippen MR) is 40.9 cm³/mol. The number of hydrogen-bond acceptors (Lipinski definition) is 3. The van der Waals surface area contributed by atoms with Crippen molar-refractivity contribution >= 4 is 5.69 Å². The zero-order chi connectivity index (χ0) is 7.52. The Balaban J connectivity index is 1.95. The minimum Gasteiger partial charge on any atom is -0.337 e. The highest BCUT2D eigenvalue weighted by Gasteiger charge is 2.17. The van der Waals surface area contributed by atoms with Crippen molar-refractivity contribution in [3.8, 4) is 0 Å². The van der Waals surface area contributed by atoms with Crippen molar-refractivity contribution in [2.45, 2.75) is 6.41 Å². The summed E-state index contributed by atoms with van der Waals surface area (Å²) in [6.45, 7) is 0.393. The van der Waals surface area contributed by atoms with Crippen LogP contribution in [0.3, 0.4) is 0 Å². The molecule has 1 heterocycles. The molecule has 1 aromatic rings. The number of hydrogen-bond donors (Lipinski definition) is 1. The van der Waals surface area contributed by atoms with E-state index in [0.717, 1.165) is 5.69 Å². The van der Waals surface area contributed by atoms with Gasteiger partial charge in [0, 0.05) is 5.69 Å². The van der Waals surface area contributed by atoms with Crippen LogP contribution in [0, 0.1) is 0 Å². The highest BCUT2D eigenvalue weighted by atomic mass is 16.9. The zero-order valence-corrected chi connectivity index (χ0v) is 5.99. The Morgan fingerprint density at radius 2 is 1.91 bits per heavy atom. The van der Waals surface area contributed by atoms with Gasteiger partial charge in [-0.3, -0.25) is 0 Å². The molecule has 58 valence electrons. The predicted octanol–water partition coefficient (Wildman–Crippen LogP) is 1.39. The molecule has 0 saturated carbocycles. The van der Waals surface area contributed by atoms with Crippen molar-refractivity contribution in [1.29, 1.82) is 0 Å². The number of benzene rings is 1. The summed E-state index contributed by atoms with van der Waals surface area (Å²) >= 11 is 0. The Morgan fingerprint density at radius 3 is 2.45 bits per heavy atom. The number of rotatable bonds is 2. The molecule has 0 radical (unpaired) electrons. The molecule has 1 N–H and O–H groups in total. The zero-order valence-electron chi connectivity index (χ0n) is 5.99. The molecule has 1 saturated heterocycles. The first-order valence-electron chi connectivity index (χ1n) is 3.50. The normalized spacial score (nSPS) is 17.5. The van der Waals surface area contributed by atoms with E-state index in [1.54, 1.807) is 0 Å². The van der Waals surface area contributed by atoms with Gasteiger partial charge < -0.3 is 14.8 Å². The average Bonchev–Trinajstić information content (AvgIpc) is 1.99. The summed E-state index contributed by atoms with van der Waals surface area (Å²) in [5.41, 5.74) is 1.01. The molecule has 2 rings (SSSR count). The van der Waals surface area contributed by atoms with Gasteiger partial charge in [-0.25, -0.2) is 0 Å². The molecule has 0 amide bonds. The fraction of sp³-hybridized carbons (Fsp3) is 0.250. The molecule has 0 unspecified atom stereocenters. The van der Waals surface area contributed by atoms with Crippen LogP contribution < -0.4 is 5.32 Å². The first kappa shape index (κ1) is 6.64. The molecular formula is C8H9NO2. The molecule has 0 bridgehead atoms. The fourth-order valence-corrected chi connectivity index (χ4v) is 0.890. The van der Waals surface area contributed by atoms with Crippen LogP contribution in [0.2, 0.25) is 0 Å². The highest BCUT2D eigenvalue weighted by Crippen LogP contribution is 2.12. The molecule has 0 aliphatic carbocycles. The molecule has 1 aromatic carbocycles. The summed E-state index contributed by atoms with van der Waals surface area (Å²) in [7, 11) is 0. The number of anilines is 1. The van der Waals surface area contributed by atoms with Gasteiger partial charge in [0.05, 0.1) is 0 Å². The Kier molecular flexibility index (Phi) is 1.75. The second-order valence-electron chi connectivity index (χ2n) is 2.29.